The Morgan fingerprint density at radius 1 is 1.23 bits per heavy atom. The van der Waals surface area contributed by atoms with E-state index in [2.05, 4.69) is 33.4 Å². The van der Waals surface area contributed by atoms with Crippen LogP contribution in [0.4, 0.5) is 5.69 Å². The van der Waals surface area contributed by atoms with Crippen LogP contribution in [0.25, 0.3) is 11.3 Å². The third-order valence-corrected chi connectivity index (χ3v) is 7.28. The van der Waals surface area contributed by atoms with Gasteiger partial charge in [0, 0.05) is 30.4 Å². The number of piperidine rings is 1. The van der Waals surface area contributed by atoms with Crippen molar-refractivity contribution in [1.82, 2.24) is 10.3 Å². The van der Waals surface area contributed by atoms with E-state index < -0.39 is 9.84 Å². The van der Waals surface area contributed by atoms with Crippen molar-refractivity contribution in [3.63, 3.8) is 0 Å². The molecule has 2 aromatic rings. The molecule has 3 heterocycles. The van der Waals surface area contributed by atoms with E-state index in [-0.39, 0.29) is 5.92 Å². The molecule has 140 valence electrons. The summed E-state index contributed by atoms with van der Waals surface area (Å²) in [5, 5.41) is 3.59. The maximum atomic E-state index is 11.6. The first kappa shape index (κ1) is 17.5. The summed E-state index contributed by atoms with van der Waals surface area (Å²) in [7, 11) is -2.78. The molecule has 0 bridgehead atoms. The van der Waals surface area contributed by atoms with Gasteiger partial charge in [0.1, 0.15) is 0 Å². The molecule has 0 unspecified atom stereocenters. The lowest BCUT2D eigenvalue weighted by Gasteiger charge is -2.34. The molecule has 0 amide bonds. The number of anilines is 1. The topological polar surface area (TPSA) is 75.4 Å². The van der Waals surface area contributed by atoms with E-state index in [1.165, 1.54) is 12.1 Å². The van der Waals surface area contributed by atoms with Crippen LogP contribution in [0.1, 0.15) is 19.3 Å². The Kier molecular flexibility index (Phi) is 5.00. The molecular formula is C19H25N3O3S. The number of sulfone groups is 1. The summed E-state index contributed by atoms with van der Waals surface area (Å²) in [5.74, 6) is 1.79. The summed E-state index contributed by atoms with van der Waals surface area (Å²) in [6, 6.07) is 8.85. The van der Waals surface area contributed by atoms with Crippen molar-refractivity contribution in [1.29, 1.82) is 0 Å². The van der Waals surface area contributed by atoms with Crippen LogP contribution in [-0.2, 0) is 9.84 Å². The maximum absolute atomic E-state index is 11.6. The Balaban J connectivity index is 1.29. The molecule has 1 N–H and O–H groups in total. The molecule has 6 nitrogen and oxygen atoms in total. The van der Waals surface area contributed by atoms with Crippen molar-refractivity contribution in [3.05, 3.63) is 36.9 Å². The number of hydrogen-bond acceptors (Lipinski definition) is 6. The minimum Gasteiger partial charge on any atom is -0.444 e. The van der Waals surface area contributed by atoms with Crippen LogP contribution in [0.15, 0.2) is 41.3 Å². The first-order valence-corrected chi connectivity index (χ1v) is 11.1. The fourth-order valence-electron chi connectivity index (χ4n) is 3.92. The van der Waals surface area contributed by atoms with Crippen LogP contribution < -0.4 is 10.2 Å². The quantitative estimate of drug-likeness (QED) is 0.864. The number of rotatable bonds is 5. The van der Waals surface area contributed by atoms with Crippen LogP contribution in [0.5, 0.6) is 0 Å². The highest BCUT2D eigenvalue weighted by Gasteiger charge is 2.28. The Labute approximate surface area is 154 Å². The van der Waals surface area contributed by atoms with E-state index in [4.69, 9.17) is 4.42 Å². The Bertz CT molecular complexity index is 827. The fourth-order valence-corrected chi connectivity index (χ4v) is 5.78. The molecule has 2 aliphatic heterocycles. The number of benzene rings is 1. The lowest BCUT2D eigenvalue weighted by atomic mass is 10.0. The van der Waals surface area contributed by atoms with Crippen molar-refractivity contribution < 1.29 is 12.8 Å². The smallest absolute Gasteiger partial charge is 0.181 e. The third-order valence-electron chi connectivity index (χ3n) is 5.45. The normalized spacial score (nSPS) is 23.4. The highest BCUT2D eigenvalue weighted by Crippen LogP contribution is 2.26. The summed E-state index contributed by atoms with van der Waals surface area (Å²) >= 11 is 0. The van der Waals surface area contributed by atoms with Crippen LogP contribution in [-0.4, -0.2) is 50.6 Å². The Morgan fingerprint density at radius 2 is 2.08 bits per heavy atom. The van der Waals surface area contributed by atoms with Crippen LogP contribution in [0.2, 0.25) is 0 Å². The van der Waals surface area contributed by atoms with Gasteiger partial charge in [-0.05, 0) is 43.9 Å². The summed E-state index contributed by atoms with van der Waals surface area (Å²) < 4.78 is 28.5. The lowest BCUT2D eigenvalue weighted by Crippen LogP contribution is -2.44. The molecule has 0 aliphatic carbocycles. The molecule has 0 radical (unpaired) electrons. The highest BCUT2D eigenvalue weighted by molar-refractivity contribution is 7.91. The van der Waals surface area contributed by atoms with Gasteiger partial charge in [-0.15, -0.1) is 0 Å². The van der Waals surface area contributed by atoms with Gasteiger partial charge in [0.25, 0.3) is 0 Å². The molecule has 26 heavy (non-hydrogen) atoms. The molecule has 0 spiro atoms. The zero-order valence-electron chi connectivity index (χ0n) is 14.8. The van der Waals surface area contributed by atoms with Crippen LogP contribution >= 0.6 is 0 Å². The van der Waals surface area contributed by atoms with Gasteiger partial charge in [0.15, 0.2) is 22.0 Å². The molecule has 2 fully saturated rings. The number of nitrogens with one attached hydrogen (secondary N) is 1. The zero-order chi connectivity index (χ0) is 18.0. The minimum atomic E-state index is -2.78. The van der Waals surface area contributed by atoms with E-state index in [9.17, 15) is 8.42 Å². The van der Waals surface area contributed by atoms with Gasteiger partial charge in [-0.1, -0.05) is 12.1 Å². The molecular weight excluding hydrogens is 350 g/mol. The van der Waals surface area contributed by atoms with E-state index in [0.29, 0.717) is 17.5 Å². The lowest BCUT2D eigenvalue weighted by molar-refractivity contribution is 0.386. The second kappa shape index (κ2) is 7.40. The number of hydrogen-bond donors (Lipinski definition) is 1. The number of oxazole rings is 1. The van der Waals surface area contributed by atoms with Gasteiger partial charge >= 0.3 is 0 Å². The fraction of sp³-hybridized carbons (Fsp3) is 0.526. The molecule has 1 aromatic carbocycles. The van der Waals surface area contributed by atoms with Gasteiger partial charge in [0.05, 0.1) is 17.7 Å². The third kappa shape index (κ3) is 4.10. The average Bonchev–Trinajstić information content (AvgIpc) is 3.30. The zero-order valence-corrected chi connectivity index (χ0v) is 15.6. The van der Waals surface area contributed by atoms with Crippen molar-refractivity contribution >= 4 is 15.5 Å². The Hall–Kier alpha value is -1.86. The summed E-state index contributed by atoms with van der Waals surface area (Å²) in [4.78, 5) is 6.39. The van der Waals surface area contributed by atoms with E-state index >= 15 is 0 Å². The van der Waals surface area contributed by atoms with Crippen LogP contribution in [0, 0.1) is 5.92 Å². The van der Waals surface area contributed by atoms with Gasteiger partial charge < -0.3 is 14.6 Å². The van der Waals surface area contributed by atoms with Gasteiger partial charge in [-0.2, -0.15) is 0 Å². The first-order valence-electron chi connectivity index (χ1n) is 9.27. The summed E-state index contributed by atoms with van der Waals surface area (Å²) in [5.41, 5.74) is 2.25. The maximum Gasteiger partial charge on any atom is 0.181 e. The van der Waals surface area contributed by atoms with Crippen molar-refractivity contribution in [2.75, 3.05) is 36.0 Å². The standard InChI is InChI=1S/C19H25N3O3S/c23-26(24)9-6-15(13-26)11-21-17-4-7-22(8-5-17)18-3-1-2-16(10-18)19-12-20-14-25-19/h1-3,10,12,14-15,17,21H,4-9,11,13H2/t15-/m1/s1. The van der Waals surface area contributed by atoms with Gasteiger partial charge in [-0.25, -0.2) is 13.4 Å². The van der Waals surface area contributed by atoms with Gasteiger partial charge in [0.2, 0.25) is 0 Å². The number of nitrogens with zero attached hydrogens (tertiary/aromatic N) is 2. The highest BCUT2D eigenvalue weighted by atomic mass is 32.2. The summed E-state index contributed by atoms with van der Waals surface area (Å²) in [6.07, 6.45) is 6.15. The molecule has 7 heteroatoms. The molecule has 4 rings (SSSR count). The first-order chi connectivity index (χ1) is 12.6. The number of aromatic nitrogens is 1. The summed E-state index contributed by atoms with van der Waals surface area (Å²) in [6.45, 7) is 2.83. The van der Waals surface area contributed by atoms with E-state index in [1.54, 1.807) is 6.20 Å². The van der Waals surface area contributed by atoms with Gasteiger partial charge in [-0.3, -0.25) is 0 Å². The predicted octanol–water partition coefficient (Wildman–Crippen LogP) is 2.33. The van der Waals surface area contributed by atoms with E-state index in [0.717, 1.165) is 50.2 Å². The second-order valence-corrected chi connectivity index (χ2v) is 9.58. The molecule has 2 aliphatic rings. The average molecular weight is 375 g/mol. The molecule has 1 atom stereocenters. The minimum absolute atomic E-state index is 0.289. The second-order valence-electron chi connectivity index (χ2n) is 7.35. The molecule has 2 saturated heterocycles. The Morgan fingerprint density at radius 3 is 2.77 bits per heavy atom. The molecule has 1 aromatic heterocycles. The van der Waals surface area contributed by atoms with Crippen molar-refractivity contribution in [2.45, 2.75) is 25.3 Å². The van der Waals surface area contributed by atoms with Crippen molar-refractivity contribution in [2.24, 2.45) is 5.92 Å². The monoisotopic (exact) mass is 375 g/mol. The molecule has 0 saturated carbocycles. The van der Waals surface area contributed by atoms with E-state index in [1.807, 2.05) is 6.07 Å². The predicted molar refractivity (Wildman–Crippen MR) is 102 cm³/mol. The SMILES string of the molecule is O=S1(=O)CC[C@H](CNC2CCN(c3cccc(-c4cnco4)c3)CC2)C1. The van der Waals surface area contributed by atoms with Crippen molar-refractivity contribution in [3.8, 4) is 11.3 Å². The van der Waals surface area contributed by atoms with Crippen LogP contribution in [0.3, 0.4) is 0 Å². The largest absolute Gasteiger partial charge is 0.444 e.